The zero-order valence-corrected chi connectivity index (χ0v) is 19.5. The Bertz CT molecular complexity index is 1500. The SMILES string of the molecule is CC(=O)c1ccc(N2CCN(Cn3c(=O)oc4cc(C(=O)c5cc(F)cc(F)c5)ccc43)CC2)cc1. The van der Waals surface area contributed by atoms with Crippen molar-refractivity contribution in [2.75, 3.05) is 31.1 Å². The van der Waals surface area contributed by atoms with Crippen molar-refractivity contribution in [3.8, 4) is 0 Å². The van der Waals surface area contributed by atoms with Crippen molar-refractivity contribution < 1.29 is 22.8 Å². The highest BCUT2D eigenvalue weighted by molar-refractivity contribution is 6.10. The van der Waals surface area contributed by atoms with Crippen LogP contribution in [0.25, 0.3) is 11.1 Å². The van der Waals surface area contributed by atoms with E-state index in [4.69, 9.17) is 4.42 Å². The summed E-state index contributed by atoms with van der Waals surface area (Å²) >= 11 is 0. The Balaban J connectivity index is 1.29. The average molecular weight is 491 g/mol. The van der Waals surface area contributed by atoms with Gasteiger partial charge in [-0.05, 0) is 61.5 Å². The van der Waals surface area contributed by atoms with Gasteiger partial charge in [-0.15, -0.1) is 0 Å². The fraction of sp³-hybridized carbons (Fsp3) is 0.222. The third-order valence-electron chi connectivity index (χ3n) is 6.41. The lowest BCUT2D eigenvalue weighted by atomic mass is 10.0. The Morgan fingerprint density at radius 3 is 2.11 bits per heavy atom. The summed E-state index contributed by atoms with van der Waals surface area (Å²) in [6.45, 7) is 4.81. The molecule has 3 aromatic carbocycles. The molecular formula is C27H23F2N3O4. The van der Waals surface area contributed by atoms with Crippen molar-refractivity contribution in [1.29, 1.82) is 0 Å². The molecule has 0 radical (unpaired) electrons. The van der Waals surface area contributed by atoms with Crippen LogP contribution in [0, 0.1) is 11.6 Å². The number of fused-ring (bicyclic) bond motifs is 1. The summed E-state index contributed by atoms with van der Waals surface area (Å²) in [5, 5.41) is 0. The van der Waals surface area contributed by atoms with Gasteiger partial charge >= 0.3 is 5.76 Å². The van der Waals surface area contributed by atoms with Crippen LogP contribution in [0.2, 0.25) is 0 Å². The predicted molar refractivity (Wildman–Crippen MR) is 130 cm³/mol. The van der Waals surface area contributed by atoms with Crippen LogP contribution in [0.1, 0.15) is 33.2 Å². The van der Waals surface area contributed by atoms with Crippen LogP contribution in [0.4, 0.5) is 14.5 Å². The van der Waals surface area contributed by atoms with Crippen molar-refractivity contribution in [2.45, 2.75) is 13.6 Å². The van der Waals surface area contributed by atoms with Gasteiger partial charge in [-0.2, -0.15) is 0 Å². The first-order valence-electron chi connectivity index (χ1n) is 11.5. The zero-order valence-electron chi connectivity index (χ0n) is 19.5. The molecule has 2 heterocycles. The first-order valence-corrected chi connectivity index (χ1v) is 11.5. The van der Waals surface area contributed by atoms with E-state index in [2.05, 4.69) is 9.80 Å². The van der Waals surface area contributed by atoms with E-state index in [0.29, 0.717) is 23.8 Å². The molecule has 0 aliphatic carbocycles. The Labute approximate surface area is 205 Å². The number of oxazole rings is 1. The number of aromatic nitrogens is 1. The van der Waals surface area contributed by atoms with Gasteiger partial charge in [0.05, 0.1) is 12.2 Å². The van der Waals surface area contributed by atoms with Crippen molar-refractivity contribution in [3.05, 3.63) is 99.5 Å². The molecule has 184 valence electrons. The van der Waals surface area contributed by atoms with Crippen molar-refractivity contribution in [1.82, 2.24) is 9.47 Å². The molecule has 0 atom stereocenters. The smallest absolute Gasteiger partial charge is 0.408 e. The summed E-state index contributed by atoms with van der Waals surface area (Å²) in [6, 6.07) is 14.7. The topological polar surface area (TPSA) is 75.8 Å². The van der Waals surface area contributed by atoms with Crippen molar-refractivity contribution in [2.24, 2.45) is 0 Å². The minimum Gasteiger partial charge on any atom is -0.408 e. The number of ketones is 2. The number of carbonyl (C=O) groups excluding carboxylic acids is 2. The van der Waals surface area contributed by atoms with Crippen LogP contribution in [0.5, 0.6) is 0 Å². The number of hydrogen-bond donors (Lipinski definition) is 0. The molecule has 4 aromatic rings. The maximum absolute atomic E-state index is 13.5. The standard InChI is InChI=1S/C27H23F2N3O4/c1-17(33)18-2-5-23(6-3-18)31-10-8-30(9-11-31)16-32-24-7-4-19(14-25(24)36-27(32)35)26(34)20-12-21(28)15-22(29)13-20/h2-7,12-15H,8-11,16H2,1H3. The highest BCUT2D eigenvalue weighted by Crippen LogP contribution is 2.21. The van der Waals surface area contributed by atoms with Crippen molar-refractivity contribution >= 4 is 28.4 Å². The lowest BCUT2D eigenvalue weighted by Crippen LogP contribution is -2.47. The quantitative estimate of drug-likeness (QED) is 0.379. The zero-order chi connectivity index (χ0) is 25.4. The van der Waals surface area contributed by atoms with Crippen LogP contribution in [-0.2, 0) is 6.67 Å². The van der Waals surface area contributed by atoms with Crippen LogP contribution >= 0.6 is 0 Å². The van der Waals surface area contributed by atoms with Crippen LogP contribution < -0.4 is 10.7 Å². The Morgan fingerprint density at radius 2 is 1.47 bits per heavy atom. The van der Waals surface area contributed by atoms with Crippen LogP contribution in [-0.4, -0.2) is 47.2 Å². The lowest BCUT2D eigenvalue weighted by Gasteiger charge is -2.36. The van der Waals surface area contributed by atoms with E-state index in [-0.39, 0.29) is 22.5 Å². The van der Waals surface area contributed by atoms with E-state index in [1.807, 2.05) is 24.3 Å². The monoisotopic (exact) mass is 491 g/mol. The Morgan fingerprint density at radius 1 is 0.833 bits per heavy atom. The second-order valence-corrected chi connectivity index (χ2v) is 8.82. The van der Waals surface area contributed by atoms with E-state index in [0.717, 1.165) is 44.0 Å². The molecule has 7 nitrogen and oxygen atoms in total. The highest BCUT2D eigenvalue weighted by Gasteiger charge is 2.21. The van der Waals surface area contributed by atoms with E-state index in [1.165, 1.54) is 16.7 Å². The molecule has 9 heteroatoms. The summed E-state index contributed by atoms with van der Waals surface area (Å²) in [6.07, 6.45) is 0. The summed E-state index contributed by atoms with van der Waals surface area (Å²) in [7, 11) is 0. The number of nitrogens with zero attached hydrogens (tertiary/aromatic N) is 3. The molecule has 0 unspecified atom stereocenters. The maximum Gasteiger partial charge on any atom is 0.421 e. The minimum atomic E-state index is -0.842. The second-order valence-electron chi connectivity index (χ2n) is 8.82. The number of anilines is 1. The number of hydrogen-bond acceptors (Lipinski definition) is 6. The summed E-state index contributed by atoms with van der Waals surface area (Å²) < 4.78 is 33.9. The van der Waals surface area contributed by atoms with Gasteiger partial charge in [-0.3, -0.25) is 19.1 Å². The van der Waals surface area contributed by atoms with Gasteiger partial charge in [0, 0.05) is 54.6 Å². The number of piperazine rings is 1. The molecule has 36 heavy (non-hydrogen) atoms. The van der Waals surface area contributed by atoms with E-state index in [1.54, 1.807) is 13.0 Å². The van der Waals surface area contributed by atoms with Gasteiger partial charge in [-0.25, -0.2) is 13.6 Å². The molecule has 1 aliphatic rings. The molecule has 1 aliphatic heterocycles. The first kappa shape index (κ1) is 23.6. The molecule has 0 N–H and O–H groups in total. The first-order chi connectivity index (χ1) is 17.3. The predicted octanol–water partition coefficient (Wildman–Crippen LogP) is 4.09. The van der Waals surface area contributed by atoms with Gasteiger partial charge in [0.15, 0.2) is 17.1 Å². The van der Waals surface area contributed by atoms with Gasteiger partial charge in [0.1, 0.15) is 11.6 Å². The molecule has 1 saturated heterocycles. The number of rotatable bonds is 6. The third kappa shape index (κ3) is 4.70. The maximum atomic E-state index is 13.5. The summed E-state index contributed by atoms with van der Waals surface area (Å²) in [5.41, 5.74) is 2.52. The minimum absolute atomic E-state index is 0.0310. The number of Topliss-reactive ketones (excluding diaryl/α,β-unsaturated/α-hetero) is 1. The Hall–Kier alpha value is -4.11. The average Bonchev–Trinajstić information content (AvgIpc) is 3.17. The van der Waals surface area contributed by atoms with Gasteiger partial charge in [0.2, 0.25) is 0 Å². The van der Waals surface area contributed by atoms with E-state index < -0.39 is 23.2 Å². The molecule has 0 spiro atoms. The van der Waals surface area contributed by atoms with Gasteiger partial charge in [-0.1, -0.05) is 0 Å². The largest absolute Gasteiger partial charge is 0.421 e. The molecular weight excluding hydrogens is 468 g/mol. The fourth-order valence-corrected chi connectivity index (χ4v) is 4.45. The third-order valence-corrected chi connectivity index (χ3v) is 6.41. The number of carbonyl (C=O) groups is 2. The Kier molecular flexibility index (Phi) is 6.24. The van der Waals surface area contributed by atoms with E-state index >= 15 is 0 Å². The van der Waals surface area contributed by atoms with Crippen LogP contribution in [0.15, 0.2) is 69.9 Å². The van der Waals surface area contributed by atoms with Gasteiger partial charge < -0.3 is 9.32 Å². The number of halogens is 2. The van der Waals surface area contributed by atoms with E-state index in [9.17, 15) is 23.2 Å². The van der Waals surface area contributed by atoms with Gasteiger partial charge in [0.25, 0.3) is 0 Å². The summed E-state index contributed by atoms with van der Waals surface area (Å²) in [5.74, 6) is -2.77. The molecule has 0 bridgehead atoms. The fourth-order valence-electron chi connectivity index (χ4n) is 4.45. The number of benzene rings is 3. The highest BCUT2D eigenvalue weighted by atomic mass is 19.1. The molecule has 5 rings (SSSR count). The second kappa shape index (κ2) is 9.50. The molecule has 0 amide bonds. The molecule has 0 saturated carbocycles. The van der Waals surface area contributed by atoms with Crippen LogP contribution in [0.3, 0.4) is 0 Å². The molecule has 1 aromatic heterocycles. The van der Waals surface area contributed by atoms with Crippen molar-refractivity contribution in [3.63, 3.8) is 0 Å². The lowest BCUT2D eigenvalue weighted by molar-refractivity contribution is 0.101. The normalized spacial score (nSPS) is 14.4. The summed E-state index contributed by atoms with van der Waals surface area (Å²) in [4.78, 5) is 41.1. The molecule has 1 fully saturated rings.